The van der Waals surface area contributed by atoms with Gasteiger partial charge in [0.05, 0.1) is 27.1 Å². The Morgan fingerprint density at radius 3 is 2.83 bits per heavy atom. The zero-order chi connectivity index (χ0) is 20.5. The Hall–Kier alpha value is -2.90. The quantitative estimate of drug-likeness (QED) is 0.664. The van der Waals surface area contributed by atoms with Crippen LogP contribution in [-0.2, 0) is 9.59 Å². The van der Waals surface area contributed by atoms with Crippen molar-refractivity contribution in [3.8, 4) is 17.0 Å². The Kier molecular flexibility index (Phi) is 5.25. The third kappa shape index (κ3) is 3.97. The van der Waals surface area contributed by atoms with Crippen molar-refractivity contribution in [2.75, 3.05) is 16.8 Å². The van der Waals surface area contributed by atoms with E-state index >= 15 is 0 Å². The van der Waals surface area contributed by atoms with Crippen molar-refractivity contribution in [2.24, 2.45) is 0 Å². The monoisotopic (exact) mass is 427 g/mol. The summed E-state index contributed by atoms with van der Waals surface area (Å²) in [6.07, 6.45) is -0.678. The molecule has 1 aromatic heterocycles. The van der Waals surface area contributed by atoms with Gasteiger partial charge in [-0.05, 0) is 44.2 Å². The highest BCUT2D eigenvalue weighted by Gasteiger charge is 2.33. The van der Waals surface area contributed by atoms with Gasteiger partial charge in [0.15, 0.2) is 6.10 Å². The maximum absolute atomic E-state index is 12.8. The summed E-state index contributed by atoms with van der Waals surface area (Å²) >= 11 is 7.67. The molecule has 0 saturated heterocycles. The second kappa shape index (κ2) is 7.85. The molecule has 0 saturated carbocycles. The number of amides is 2. The van der Waals surface area contributed by atoms with Crippen LogP contribution in [0.1, 0.15) is 11.9 Å². The molecule has 1 aliphatic rings. The number of ether oxygens (including phenoxy) is 1. The Bertz CT molecular complexity index is 1100. The minimum absolute atomic E-state index is 0.149. The molecule has 2 aromatic carbocycles. The molecule has 1 aliphatic heterocycles. The summed E-state index contributed by atoms with van der Waals surface area (Å²) in [5.74, 6) is -0.0711. The number of carbonyl (C=O) groups is 2. The van der Waals surface area contributed by atoms with Gasteiger partial charge >= 0.3 is 0 Å². The van der Waals surface area contributed by atoms with E-state index in [9.17, 15) is 9.59 Å². The minimum atomic E-state index is -0.678. The molecule has 0 spiro atoms. The molecule has 148 valence electrons. The van der Waals surface area contributed by atoms with Crippen molar-refractivity contribution in [3.05, 3.63) is 57.9 Å². The first-order valence-electron chi connectivity index (χ1n) is 9.01. The van der Waals surface area contributed by atoms with Crippen molar-refractivity contribution in [1.29, 1.82) is 0 Å². The predicted molar refractivity (Wildman–Crippen MR) is 115 cm³/mol. The molecule has 1 N–H and O–H groups in total. The number of carbonyl (C=O) groups excluding carboxylic acids is 2. The number of anilines is 2. The van der Waals surface area contributed by atoms with Crippen LogP contribution in [0, 0.1) is 6.92 Å². The maximum Gasteiger partial charge on any atom is 0.268 e. The number of nitrogens with one attached hydrogen (secondary N) is 1. The molecule has 0 aliphatic carbocycles. The van der Waals surface area contributed by atoms with Crippen LogP contribution in [0.3, 0.4) is 0 Å². The number of fused-ring (bicyclic) bond motifs is 1. The lowest BCUT2D eigenvalue weighted by molar-refractivity contribution is -0.127. The van der Waals surface area contributed by atoms with Crippen LogP contribution in [0.15, 0.2) is 47.8 Å². The van der Waals surface area contributed by atoms with Gasteiger partial charge in [-0.3, -0.25) is 14.5 Å². The number of aryl methyl sites for hydroxylation is 1. The number of aromatic nitrogens is 1. The molecule has 6 nitrogen and oxygen atoms in total. The topological polar surface area (TPSA) is 71.5 Å². The number of para-hydroxylation sites is 1. The van der Waals surface area contributed by atoms with E-state index in [2.05, 4.69) is 10.3 Å². The van der Waals surface area contributed by atoms with E-state index in [0.29, 0.717) is 22.1 Å². The first kappa shape index (κ1) is 19.4. The van der Waals surface area contributed by atoms with Crippen molar-refractivity contribution >= 4 is 46.1 Å². The number of halogens is 1. The smallest absolute Gasteiger partial charge is 0.268 e. The fourth-order valence-electron chi connectivity index (χ4n) is 3.12. The van der Waals surface area contributed by atoms with E-state index < -0.39 is 6.10 Å². The molecule has 1 atom stereocenters. The van der Waals surface area contributed by atoms with Crippen LogP contribution in [0.5, 0.6) is 5.75 Å². The van der Waals surface area contributed by atoms with Gasteiger partial charge in [0.1, 0.15) is 12.3 Å². The summed E-state index contributed by atoms with van der Waals surface area (Å²) in [7, 11) is 0. The van der Waals surface area contributed by atoms with Crippen LogP contribution in [0.4, 0.5) is 11.4 Å². The number of nitrogens with zero attached hydrogens (tertiary/aromatic N) is 2. The van der Waals surface area contributed by atoms with Crippen LogP contribution >= 0.6 is 22.9 Å². The van der Waals surface area contributed by atoms with Crippen molar-refractivity contribution in [1.82, 2.24) is 4.98 Å². The van der Waals surface area contributed by atoms with E-state index in [0.717, 1.165) is 16.3 Å². The van der Waals surface area contributed by atoms with Crippen LogP contribution in [-0.4, -0.2) is 29.4 Å². The normalized spacial score (nSPS) is 15.6. The lowest BCUT2D eigenvalue weighted by Gasteiger charge is -2.32. The lowest BCUT2D eigenvalue weighted by Crippen LogP contribution is -2.47. The molecular weight excluding hydrogens is 410 g/mol. The summed E-state index contributed by atoms with van der Waals surface area (Å²) in [6.45, 7) is 3.46. The molecule has 29 heavy (non-hydrogen) atoms. The fraction of sp³-hybridized carbons (Fsp3) is 0.190. The third-order valence-corrected chi connectivity index (χ3v) is 5.63. The first-order chi connectivity index (χ1) is 13.9. The molecule has 0 radical (unpaired) electrons. The van der Waals surface area contributed by atoms with Gasteiger partial charge in [-0.1, -0.05) is 23.7 Å². The average molecular weight is 428 g/mol. The molecule has 0 fully saturated rings. The van der Waals surface area contributed by atoms with E-state index in [1.54, 1.807) is 48.6 Å². The van der Waals surface area contributed by atoms with E-state index in [-0.39, 0.29) is 18.4 Å². The minimum Gasteiger partial charge on any atom is -0.479 e. The van der Waals surface area contributed by atoms with Crippen LogP contribution in [0.2, 0.25) is 5.02 Å². The summed E-state index contributed by atoms with van der Waals surface area (Å²) < 4.78 is 5.73. The van der Waals surface area contributed by atoms with E-state index in [1.165, 1.54) is 4.90 Å². The summed E-state index contributed by atoms with van der Waals surface area (Å²) in [5, 5.41) is 6.10. The number of benzene rings is 2. The zero-order valence-corrected chi connectivity index (χ0v) is 17.4. The average Bonchev–Trinajstić information content (AvgIpc) is 3.13. The Morgan fingerprint density at radius 1 is 1.31 bits per heavy atom. The molecule has 4 rings (SSSR count). The second-order valence-electron chi connectivity index (χ2n) is 6.65. The summed E-state index contributed by atoms with van der Waals surface area (Å²) in [4.78, 5) is 31.4. The predicted octanol–water partition coefficient (Wildman–Crippen LogP) is 4.52. The second-order valence-corrected chi connectivity index (χ2v) is 8.12. The zero-order valence-electron chi connectivity index (χ0n) is 15.8. The molecule has 8 heteroatoms. The van der Waals surface area contributed by atoms with Gasteiger partial charge in [0, 0.05) is 10.9 Å². The van der Waals surface area contributed by atoms with Crippen molar-refractivity contribution < 1.29 is 14.3 Å². The Balaban J connectivity index is 1.63. The highest BCUT2D eigenvalue weighted by molar-refractivity contribution is 7.09. The number of rotatable bonds is 4. The molecule has 2 heterocycles. The van der Waals surface area contributed by atoms with Crippen LogP contribution < -0.4 is 15.0 Å². The number of hydrogen-bond acceptors (Lipinski definition) is 5. The van der Waals surface area contributed by atoms with Gasteiger partial charge in [-0.15, -0.1) is 11.3 Å². The molecule has 2 amide bonds. The van der Waals surface area contributed by atoms with E-state index in [4.69, 9.17) is 16.3 Å². The third-order valence-electron chi connectivity index (χ3n) is 4.53. The molecular formula is C21H18ClN3O3S. The number of thiazole rings is 1. The highest BCUT2D eigenvalue weighted by atomic mass is 35.5. The van der Waals surface area contributed by atoms with Crippen molar-refractivity contribution in [3.63, 3.8) is 0 Å². The highest BCUT2D eigenvalue weighted by Crippen LogP contribution is 2.37. The molecule has 1 unspecified atom stereocenters. The van der Waals surface area contributed by atoms with Gasteiger partial charge in [-0.25, -0.2) is 4.98 Å². The Morgan fingerprint density at radius 2 is 2.10 bits per heavy atom. The standard InChI is InChI=1S/C21H18ClN3O3S/c1-12-21(27)25(10-20(26)24-16-6-4-3-5-15(16)22)18-9-14(7-8-19(18)28-12)17-11-29-13(2)23-17/h3-9,11-12H,10H2,1-2H3,(H,24,26). The van der Waals surface area contributed by atoms with Crippen molar-refractivity contribution in [2.45, 2.75) is 20.0 Å². The molecule has 0 bridgehead atoms. The van der Waals surface area contributed by atoms with Gasteiger partial charge in [0.25, 0.3) is 5.91 Å². The number of hydrogen-bond donors (Lipinski definition) is 1. The molecule has 3 aromatic rings. The lowest BCUT2D eigenvalue weighted by atomic mass is 10.1. The first-order valence-corrected chi connectivity index (χ1v) is 10.3. The Labute approximate surface area is 177 Å². The SMILES string of the molecule is Cc1nc(-c2ccc3c(c2)N(CC(=O)Nc2ccccc2Cl)C(=O)C(C)O3)cs1. The van der Waals surface area contributed by atoms with Gasteiger partial charge in [0.2, 0.25) is 5.91 Å². The largest absolute Gasteiger partial charge is 0.479 e. The van der Waals surface area contributed by atoms with E-state index in [1.807, 2.05) is 24.4 Å². The fourth-order valence-corrected chi connectivity index (χ4v) is 3.93. The van der Waals surface area contributed by atoms with Crippen LogP contribution in [0.25, 0.3) is 11.3 Å². The summed E-state index contributed by atoms with van der Waals surface area (Å²) in [5.41, 5.74) is 2.72. The summed E-state index contributed by atoms with van der Waals surface area (Å²) in [6, 6.07) is 12.5. The maximum atomic E-state index is 12.8. The van der Waals surface area contributed by atoms with Gasteiger partial charge < -0.3 is 10.1 Å². The van der Waals surface area contributed by atoms with Gasteiger partial charge in [-0.2, -0.15) is 0 Å².